The molecule has 11 heteroatoms. The number of nitrogens with zero attached hydrogens (tertiary/aromatic N) is 2. The van der Waals surface area contributed by atoms with Crippen LogP contribution in [0.1, 0.15) is 28.8 Å². The van der Waals surface area contributed by atoms with Crippen LogP contribution in [0.25, 0.3) is 0 Å². The lowest BCUT2D eigenvalue weighted by Gasteiger charge is -2.37. The molecule has 1 atom stereocenters. The molecule has 0 aliphatic carbocycles. The average molecular weight is 521 g/mol. The Balaban J connectivity index is 1.37. The molecular weight excluding hydrogens is 496 g/mol. The lowest BCUT2D eigenvalue weighted by molar-refractivity contribution is -0.150. The highest BCUT2D eigenvalue weighted by Crippen LogP contribution is 2.27. The number of sulfone groups is 1. The Bertz CT molecular complexity index is 1230. The molecule has 4 rings (SSSR count). The van der Waals surface area contributed by atoms with Gasteiger partial charge >= 0.3 is 12.1 Å². The van der Waals surface area contributed by atoms with E-state index in [0.29, 0.717) is 25.9 Å². The molecule has 2 aromatic rings. The molecule has 2 saturated heterocycles. The van der Waals surface area contributed by atoms with E-state index in [1.807, 2.05) is 30.3 Å². The molecular formula is C24H25ClN2O7S. The van der Waals surface area contributed by atoms with Crippen LogP contribution >= 0.6 is 11.6 Å². The van der Waals surface area contributed by atoms with Crippen molar-refractivity contribution in [3.63, 3.8) is 0 Å². The van der Waals surface area contributed by atoms with Gasteiger partial charge in [-0.1, -0.05) is 41.9 Å². The second kappa shape index (κ2) is 10.2. The summed E-state index contributed by atoms with van der Waals surface area (Å²) in [6.45, 7) is 0.699. The minimum absolute atomic E-state index is 0.0375. The van der Waals surface area contributed by atoms with Gasteiger partial charge in [0.15, 0.2) is 15.9 Å². The summed E-state index contributed by atoms with van der Waals surface area (Å²) in [4.78, 5) is 41.1. The third kappa shape index (κ3) is 5.59. The van der Waals surface area contributed by atoms with Crippen molar-refractivity contribution in [3.8, 4) is 0 Å². The second-order valence-electron chi connectivity index (χ2n) is 8.53. The fourth-order valence-corrected chi connectivity index (χ4v) is 5.23. The number of rotatable bonds is 6. The summed E-state index contributed by atoms with van der Waals surface area (Å²) >= 11 is 6.20. The van der Waals surface area contributed by atoms with E-state index in [-0.39, 0.29) is 40.6 Å². The number of benzene rings is 2. The van der Waals surface area contributed by atoms with E-state index < -0.39 is 27.9 Å². The third-order valence-electron chi connectivity index (χ3n) is 6.15. The number of carbonyl (C=O) groups excluding carboxylic acids is 3. The van der Waals surface area contributed by atoms with Crippen LogP contribution < -0.4 is 0 Å². The molecule has 2 aromatic carbocycles. The zero-order valence-electron chi connectivity index (χ0n) is 19.1. The van der Waals surface area contributed by atoms with E-state index in [1.165, 1.54) is 23.1 Å². The Morgan fingerprint density at radius 2 is 1.80 bits per heavy atom. The minimum atomic E-state index is -3.44. The van der Waals surface area contributed by atoms with E-state index in [0.717, 1.165) is 11.8 Å². The van der Waals surface area contributed by atoms with Crippen molar-refractivity contribution in [3.05, 3.63) is 64.7 Å². The zero-order valence-corrected chi connectivity index (χ0v) is 20.6. The van der Waals surface area contributed by atoms with Crippen molar-refractivity contribution in [1.82, 2.24) is 9.80 Å². The predicted octanol–water partition coefficient (Wildman–Crippen LogP) is 2.91. The Hall–Kier alpha value is -3.11. The quantitative estimate of drug-likeness (QED) is 0.538. The molecule has 0 saturated carbocycles. The molecule has 186 valence electrons. The molecule has 2 aliphatic rings. The van der Waals surface area contributed by atoms with Crippen LogP contribution in [0.15, 0.2) is 53.4 Å². The highest BCUT2D eigenvalue weighted by Gasteiger charge is 2.44. The molecule has 1 unspecified atom stereocenters. The highest BCUT2D eigenvalue weighted by molar-refractivity contribution is 7.90. The number of halogens is 1. The fraction of sp³-hybridized carbons (Fsp3) is 0.375. The van der Waals surface area contributed by atoms with Crippen molar-refractivity contribution in [1.29, 1.82) is 0 Å². The number of hydrogen-bond acceptors (Lipinski definition) is 7. The van der Waals surface area contributed by atoms with Crippen LogP contribution in [-0.4, -0.2) is 74.2 Å². The molecule has 2 aliphatic heterocycles. The number of hydrogen-bond donors (Lipinski definition) is 0. The zero-order chi connectivity index (χ0) is 25.2. The molecule has 2 heterocycles. The summed E-state index contributed by atoms with van der Waals surface area (Å²) in [5.41, 5.74) is 1.05. The number of amides is 2. The molecule has 0 bridgehead atoms. The number of piperidine rings is 1. The normalized spacial score (nSPS) is 18.9. The Kier molecular flexibility index (Phi) is 7.32. The first-order chi connectivity index (χ1) is 16.6. The summed E-state index contributed by atoms with van der Waals surface area (Å²) in [6, 6.07) is 12.2. The van der Waals surface area contributed by atoms with Crippen LogP contribution in [0, 0.1) is 0 Å². The van der Waals surface area contributed by atoms with Gasteiger partial charge in [0.25, 0.3) is 5.91 Å². The number of cyclic esters (lactones) is 1. The number of likely N-dealkylation sites (tertiary alicyclic amines) is 1. The van der Waals surface area contributed by atoms with Crippen molar-refractivity contribution in [2.24, 2.45) is 0 Å². The van der Waals surface area contributed by atoms with Crippen LogP contribution in [0.2, 0.25) is 5.02 Å². The van der Waals surface area contributed by atoms with Crippen LogP contribution in [0.3, 0.4) is 0 Å². The molecule has 35 heavy (non-hydrogen) atoms. The summed E-state index contributed by atoms with van der Waals surface area (Å²) < 4.78 is 34.0. The third-order valence-corrected chi connectivity index (χ3v) is 7.57. The van der Waals surface area contributed by atoms with Gasteiger partial charge < -0.3 is 14.4 Å². The van der Waals surface area contributed by atoms with E-state index in [4.69, 9.17) is 21.1 Å². The summed E-state index contributed by atoms with van der Waals surface area (Å²) in [6.07, 6.45) is 1.39. The van der Waals surface area contributed by atoms with Crippen molar-refractivity contribution >= 4 is 39.4 Å². The maximum Gasteiger partial charge on any atom is 0.410 e. The van der Waals surface area contributed by atoms with Crippen LogP contribution in [0.4, 0.5) is 4.79 Å². The molecule has 2 amide bonds. The molecule has 9 nitrogen and oxygen atoms in total. The largest absolute Gasteiger partial charge is 0.459 e. The van der Waals surface area contributed by atoms with Crippen LogP contribution in [-0.2, 0) is 30.7 Å². The average Bonchev–Trinajstić information content (AvgIpc) is 3.23. The lowest BCUT2D eigenvalue weighted by Crippen LogP contribution is -2.52. The SMILES string of the molecule is CS(=O)(=O)c1ccc(C(=O)N2CCC(N3C(=O)OCC3C(=O)OCc3ccccc3)CC2)c(Cl)c1. The Morgan fingerprint density at radius 3 is 2.43 bits per heavy atom. The molecule has 2 fully saturated rings. The first kappa shape index (κ1) is 25.0. The van der Waals surface area contributed by atoms with Crippen molar-refractivity contribution < 1.29 is 32.3 Å². The standard InChI is InChI=1S/C24H25ClN2O7S/c1-35(31,32)18-7-8-19(20(25)13-18)22(28)26-11-9-17(10-12-26)27-21(15-34-24(27)30)23(29)33-14-16-5-3-2-4-6-16/h2-8,13,17,21H,9-12,14-15H2,1H3. The molecule has 0 N–H and O–H groups in total. The first-order valence-electron chi connectivity index (χ1n) is 11.1. The number of ether oxygens (including phenoxy) is 2. The predicted molar refractivity (Wildman–Crippen MR) is 127 cm³/mol. The van der Waals surface area contributed by atoms with Crippen molar-refractivity contribution in [2.45, 2.75) is 36.4 Å². The van der Waals surface area contributed by atoms with Gasteiger partial charge in [-0.25, -0.2) is 18.0 Å². The maximum atomic E-state index is 13.0. The summed E-state index contributed by atoms with van der Waals surface area (Å²) in [5.74, 6) is -0.854. The van der Waals surface area contributed by atoms with Gasteiger partial charge in [-0.3, -0.25) is 9.69 Å². The van der Waals surface area contributed by atoms with E-state index in [2.05, 4.69) is 0 Å². The molecule has 0 radical (unpaired) electrons. The highest BCUT2D eigenvalue weighted by atomic mass is 35.5. The smallest absolute Gasteiger partial charge is 0.410 e. The summed E-state index contributed by atoms with van der Waals surface area (Å²) in [5, 5.41) is 0.0596. The number of carbonyl (C=O) groups is 3. The maximum absolute atomic E-state index is 13.0. The molecule has 0 aromatic heterocycles. The van der Waals surface area contributed by atoms with E-state index in [9.17, 15) is 22.8 Å². The van der Waals surface area contributed by atoms with Gasteiger partial charge in [0.2, 0.25) is 0 Å². The van der Waals surface area contributed by atoms with Crippen molar-refractivity contribution in [2.75, 3.05) is 26.0 Å². The fourth-order valence-electron chi connectivity index (χ4n) is 4.26. The monoisotopic (exact) mass is 520 g/mol. The first-order valence-corrected chi connectivity index (χ1v) is 13.4. The topological polar surface area (TPSA) is 110 Å². The number of esters is 1. The second-order valence-corrected chi connectivity index (χ2v) is 11.0. The summed E-state index contributed by atoms with van der Waals surface area (Å²) in [7, 11) is -3.44. The lowest BCUT2D eigenvalue weighted by atomic mass is 10.0. The van der Waals surface area contributed by atoms with Gasteiger partial charge in [0, 0.05) is 25.4 Å². The molecule has 0 spiro atoms. The van der Waals surface area contributed by atoms with Crippen LogP contribution in [0.5, 0.6) is 0 Å². The van der Waals surface area contributed by atoms with Gasteiger partial charge in [0.05, 0.1) is 15.5 Å². The Morgan fingerprint density at radius 1 is 1.11 bits per heavy atom. The Labute approximate surface area is 208 Å². The van der Waals surface area contributed by atoms with Gasteiger partial charge in [-0.2, -0.15) is 0 Å². The van der Waals surface area contributed by atoms with Gasteiger partial charge in [-0.15, -0.1) is 0 Å². The van der Waals surface area contributed by atoms with E-state index in [1.54, 1.807) is 4.90 Å². The van der Waals surface area contributed by atoms with Gasteiger partial charge in [-0.05, 0) is 36.6 Å². The van der Waals surface area contributed by atoms with E-state index >= 15 is 0 Å². The minimum Gasteiger partial charge on any atom is -0.459 e. The van der Waals surface area contributed by atoms with Gasteiger partial charge in [0.1, 0.15) is 13.2 Å².